The maximum absolute atomic E-state index is 13.0. The summed E-state index contributed by atoms with van der Waals surface area (Å²) in [6.45, 7) is 1.47. The van der Waals surface area contributed by atoms with Crippen molar-refractivity contribution < 1.29 is 30.0 Å². The van der Waals surface area contributed by atoms with Crippen LogP contribution in [0.3, 0.4) is 0 Å². The van der Waals surface area contributed by atoms with Gasteiger partial charge in [0.15, 0.2) is 21.3 Å². The molecule has 0 spiro atoms. The second-order valence-corrected chi connectivity index (χ2v) is 12.9. The van der Waals surface area contributed by atoms with Gasteiger partial charge < -0.3 is 4.57 Å². The normalized spacial score (nSPS) is 14.8. The first-order valence-corrected chi connectivity index (χ1v) is 14.3. The number of hydrogen-bond acceptors (Lipinski definition) is 8. The van der Waals surface area contributed by atoms with Crippen molar-refractivity contribution >= 4 is 30.8 Å². The zero-order chi connectivity index (χ0) is 26.8. The molecule has 194 valence electrons. The van der Waals surface area contributed by atoms with Crippen molar-refractivity contribution in [3.8, 4) is 22.6 Å². The summed E-state index contributed by atoms with van der Waals surface area (Å²) in [4.78, 5) is 15.7. The van der Waals surface area contributed by atoms with Gasteiger partial charge in [0.1, 0.15) is 11.2 Å². The van der Waals surface area contributed by atoms with Crippen molar-refractivity contribution in [3.63, 3.8) is 0 Å². The summed E-state index contributed by atoms with van der Waals surface area (Å²) < 4.78 is 90.1. The van der Waals surface area contributed by atoms with Crippen LogP contribution in [0.5, 0.6) is 0 Å². The molecular weight excluding hydrogens is 531 g/mol. The van der Waals surface area contributed by atoms with Gasteiger partial charge in [-0.2, -0.15) is 13.2 Å². The number of sulfone groups is 2. The summed E-state index contributed by atoms with van der Waals surface area (Å²) in [5.41, 5.74) is -3.48. The minimum atomic E-state index is -5.64. The molecule has 4 heterocycles. The van der Waals surface area contributed by atoms with Crippen molar-refractivity contribution in [2.75, 3.05) is 5.75 Å². The molecular formula is C23H20F3N5O4S2. The monoisotopic (exact) mass is 551 g/mol. The number of aryl methyl sites for hydroxylation is 1. The predicted molar refractivity (Wildman–Crippen MR) is 128 cm³/mol. The van der Waals surface area contributed by atoms with Crippen LogP contribution in [0.4, 0.5) is 13.2 Å². The number of hydrogen-bond donors (Lipinski definition) is 0. The summed E-state index contributed by atoms with van der Waals surface area (Å²) in [7, 11) is -7.99. The molecule has 5 rings (SSSR count). The molecule has 0 aromatic carbocycles. The molecule has 14 heteroatoms. The fraction of sp³-hybridized carbons (Fsp3) is 0.304. The molecule has 4 aromatic heterocycles. The van der Waals surface area contributed by atoms with Crippen LogP contribution in [0.1, 0.15) is 31.4 Å². The molecule has 0 N–H and O–H groups in total. The average molecular weight is 552 g/mol. The van der Waals surface area contributed by atoms with Gasteiger partial charge in [0.2, 0.25) is 0 Å². The first kappa shape index (κ1) is 25.3. The van der Waals surface area contributed by atoms with Crippen molar-refractivity contribution in [2.45, 2.75) is 41.0 Å². The third kappa shape index (κ3) is 4.37. The van der Waals surface area contributed by atoms with Gasteiger partial charge in [0, 0.05) is 48.4 Å². The van der Waals surface area contributed by atoms with Crippen LogP contribution in [0.25, 0.3) is 33.8 Å². The van der Waals surface area contributed by atoms with E-state index in [-0.39, 0.29) is 33.3 Å². The van der Waals surface area contributed by atoms with E-state index >= 15 is 0 Å². The number of aromatic nitrogens is 5. The Morgan fingerprint density at radius 3 is 2.27 bits per heavy atom. The molecule has 0 unspecified atom stereocenters. The van der Waals surface area contributed by atoms with Crippen LogP contribution in [0.15, 0.2) is 52.6 Å². The molecule has 0 atom stereocenters. The quantitative estimate of drug-likeness (QED) is 0.351. The Morgan fingerprint density at radius 1 is 0.973 bits per heavy atom. The van der Waals surface area contributed by atoms with Crippen LogP contribution >= 0.6 is 0 Å². The highest BCUT2D eigenvalue weighted by Gasteiger charge is 2.47. The summed E-state index contributed by atoms with van der Waals surface area (Å²) in [5, 5.41) is 0. The first-order valence-electron chi connectivity index (χ1n) is 11.2. The van der Waals surface area contributed by atoms with E-state index in [2.05, 4.69) is 19.9 Å². The number of nitrogens with zero attached hydrogens (tertiary/aromatic N) is 5. The summed E-state index contributed by atoms with van der Waals surface area (Å²) in [5.74, 6) is 0.230. The lowest BCUT2D eigenvalue weighted by atomic mass is 10.1. The summed E-state index contributed by atoms with van der Waals surface area (Å²) in [6.07, 6.45) is 5.91. The van der Waals surface area contributed by atoms with E-state index in [1.54, 1.807) is 6.20 Å². The Hall–Kier alpha value is -3.39. The maximum atomic E-state index is 13.0. The molecule has 0 bridgehead atoms. The fourth-order valence-corrected chi connectivity index (χ4v) is 5.69. The van der Waals surface area contributed by atoms with E-state index in [0.717, 1.165) is 24.6 Å². The predicted octanol–water partition coefficient (Wildman–Crippen LogP) is 4.06. The van der Waals surface area contributed by atoms with Crippen LogP contribution < -0.4 is 0 Å². The molecule has 0 saturated heterocycles. The second-order valence-electron chi connectivity index (χ2n) is 8.68. The summed E-state index contributed by atoms with van der Waals surface area (Å²) >= 11 is 0. The first-order chi connectivity index (χ1) is 17.3. The van der Waals surface area contributed by atoms with Gasteiger partial charge in [0.25, 0.3) is 9.84 Å². The third-order valence-corrected chi connectivity index (χ3v) is 9.39. The van der Waals surface area contributed by atoms with E-state index in [1.165, 1.54) is 30.8 Å². The van der Waals surface area contributed by atoms with Gasteiger partial charge in [0.05, 0.1) is 15.5 Å². The molecule has 1 fully saturated rings. The largest absolute Gasteiger partial charge is 0.501 e. The standard InChI is InChI=1S/C23H20F3N5O4S2/c1-3-36(32,33)19-8-15(14-6-7-17(27-10-14)13-4-5-13)11-28-20(19)22-30-18-9-16(12-29-21(18)31(22)2)37(34,35)23(24,25)26/h6-13H,3-5H2,1-2H3. The van der Waals surface area contributed by atoms with Gasteiger partial charge in [-0.1, -0.05) is 13.0 Å². The molecule has 1 aliphatic rings. The Labute approximate surface area is 210 Å². The van der Waals surface area contributed by atoms with E-state index in [9.17, 15) is 30.0 Å². The highest BCUT2D eigenvalue weighted by molar-refractivity contribution is 7.92. The topological polar surface area (TPSA) is 125 Å². The van der Waals surface area contributed by atoms with Crippen molar-refractivity contribution in [1.82, 2.24) is 24.5 Å². The Morgan fingerprint density at radius 2 is 1.68 bits per heavy atom. The molecule has 1 saturated carbocycles. The minimum absolute atomic E-state index is 0.00448. The molecule has 37 heavy (non-hydrogen) atoms. The van der Waals surface area contributed by atoms with Gasteiger partial charge in [-0.25, -0.2) is 26.8 Å². The van der Waals surface area contributed by atoms with Crippen molar-refractivity contribution in [1.29, 1.82) is 0 Å². The molecule has 4 aromatic rings. The van der Waals surface area contributed by atoms with Crippen LogP contribution in [0, 0.1) is 0 Å². The van der Waals surface area contributed by atoms with Crippen molar-refractivity contribution in [3.05, 3.63) is 48.5 Å². The number of alkyl halides is 3. The number of halogens is 3. The average Bonchev–Trinajstić information content (AvgIpc) is 3.66. The zero-order valence-electron chi connectivity index (χ0n) is 19.6. The van der Waals surface area contributed by atoms with E-state index in [1.807, 2.05) is 12.1 Å². The zero-order valence-corrected chi connectivity index (χ0v) is 21.2. The molecule has 0 amide bonds. The molecule has 1 aliphatic carbocycles. The lowest BCUT2D eigenvalue weighted by molar-refractivity contribution is -0.0436. The lowest BCUT2D eigenvalue weighted by Gasteiger charge is -2.11. The van der Waals surface area contributed by atoms with Gasteiger partial charge in [-0.05, 0) is 31.0 Å². The number of imidazole rings is 1. The number of pyridine rings is 3. The Bertz CT molecular complexity index is 1750. The highest BCUT2D eigenvalue weighted by Crippen LogP contribution is 2.39. The van der Waals surface area contributed by atoms with Crippen LogP contribution in [-0.2, 0) is 26.7 Å². The molecule has 0 aliphatic heterocycles. The maximum Gasteiger partial charge on any atom is 0.501 e. The van der Waals surface area contributed by atoms with Crippen molar-refractivity contribution in [2.24, 2.45) is 7.05 Å². The number of fused-ring (bicyclic) bond motifs is 1. The van der Waals surface area contributed by atoms with Crippen LogP contribution in [-0.4, -0.2) is 52.6 Å². The SMILES string of the molecule is CCS(=O)(=O)c1cc(-c2ccc(C3CC3)nc2)cnc1-c1nc2cc(S(=O)(=O)C(F)(F)F)cnc2n1C. The lowest BCUT2D eigenvalue weighted by Crippen LogP contribution is -2.23. The van der Waals surface area contributed by atoms with Gasteiger partial charge >= 0.3 is 5.51 Å². The van der Waals surface area contributed by atoms with Gasteiger partial charge in [-0.3, -0.25) is 9.97 Å². The van der Waals surface area contributed by atoms with E-state index < -0.39 is 30.1 Å². The molecule has 9 nitrogen and oxygen atoms in total. The summed E-state index contributed by atoms with van der Waals surface area (Å²) in [6, 6.07) is 5.96. The Balaban J connectivity index is 1.64. The number of rotatable bonds is 6. The van der Waals surface area contributed by atoms with Gasteiger partial charge in [-0.15, -0.1) is 0 Å². The highest BCUT2D eigenvalue weighted by atomic mass is 32.2. The Kier molecular flexibility index (Phi) is 5.86. The fourth-order valence-electron chi connectivity index (χ4n) is 3.91. The van der Waals surface area contributed by atoms with E-state index in [0.29, 0.717) is 23.2 Å². The smallest absolute Gasteiger partial charge is 0.310 e. The third-order valence-electron chi connectivity index (χ3n) is 6.19. The minimum Gasteiger partial charge on any atom is -0.310 e. The second kappa shape index (κ2) is 8.58. The molecule has 0 radical (unpaired) electrons. The van der Waals surface area contributed by atoms with Crippen LogP contribution in [0.2, 0.25) is 0 Å². The van der Waals surface area contributed by atoms with E-state index in [4.69, 9.17) is 0 Å².